The smallest absolute Gasteiger partial charge is 0.203 e. The van der Waals surface area contributed by atoms with Crippen LogP contribution in [0.3, 0.4) is 0 Å². The predicted molar refractivity (Wildman–Crippen MR) is 74.6 cm³/mol. The molecule has 0 aromatic carbocycles. The largest absolute Gasteiger partial charge is 0.355 e. The second-order valence-corrected chi connectivity index (χ2v) is 7.42. The van der Waals surface area contributed by atoms with Gasteiger partial charge in [-0.05, 0) is 19.3 Å². The molecule has 0 fully saturated rings. The second-order valence-electron chi connectivity index (χ2n) is 5.16. The number of hydrogen-bond donors (Lipinski definition) is 1. The Morgan fingerprint density at radius 3 is 2.67 bits per heavy atom. The quantitative estimate of drug-likeness (QED) is 0.821. The lowest BCUT2D eigenvalue weighted by Gasteiger charge is -2.11. The molecule has 6 heteroatoms. The van der Waals surface area contributed by atoms with Crippen molar-refractivity contribution in [1.29, 1.82) is 0 Å². The lowest BCUT2D eigenvalue weighted by Crippen LogP contribution is -2.14. The molecule has 0 bridgehead atoms. The van der Waals surface area contributed by atoms with Crippen LogP contribution in [0.4, 0.5) is 5.95 Å². The maximum Gasteiger partial charge on any atom is 0.203 e. The Labute approximate surface area is 110 Å². The van der Waals surface area contributed by atoms with Crippen LogP contribution >= 0.6 is 0 Å². The summed E-state index contributed by atoms with van der Waals surface area (Å²) in [4.78, 5) is 4.40. The molecule has 104 valence electrons. The molecule has 1 N–H and O–H groups in total. The van der Waals surface area contributed by atoms with Gasteiger partial charge in [0.25, 0.3) is 0 Å². The molecular weight excluding hydrogens is 250 g/mol. The predicted octanol–water partition coefficient (Wildman–Crippen LogP) is 1.69. The zero-order chi connectivity index (χ0) is 13.8. The first kappa shape index (κ1) is 15.0. The Morgan fingerprint density at radius 2 is 2.11 bits per heavy atom. The minimum atomic E-state index is -2.88. The van der Waals surface area contributed by atoms with E-state index in [1.54, 1.807) is 0 Å². The van der Waals surface area contributed by atoms with E-state index in [9.17, 15) is 8.42 Å². The van der Waals surface area contributed by atoms with Gasteiger partial charge in [-0.1, -0.05) is 13.8 Å². The molecule has 0 saturated carbocycles. The van der Waals surface area contributed by atoms with Gasteiger partial charge in [0.15, 0.2) is 0 Å². The Balaban J connectivity index is 2.58. The third kappa shape index (κ3) is 5.53. The van der Waals surface area contributed by atoms with Crippen molar-refractivity contribution in [2.45, 2.75) is 33.7 Å². The van der Waals surface area contributed by atoms with Crippen molar-refractivity contribution in [3.05, 3.63) is 11.9 Å². The first-order chi connectivity index (χ1) is 8.28. The van der Waals surface area contributed by atoms with Gasteiger partial charge in [0.2, 0.25) is 5.95 Å². The third-order valence-corrected chi connectivity index (χ3v) is 3.51. The minimum absolute atomic E-state index is 0.216. The van der Waals surface area contributed by atoms with Gasteiger partial charge in [0, 0.05) is 25.5 Å². The Kier molecular flexibility index (Phi) is 5.19. The fourth-order valence-electron chi connectivity index (χ4n) is 1.65. The summed E-state index contributed by atoms with van der Waals surface area (Å²) in [7, 11) is -2.88. The van der Waals surface area contributed by atoms with Crippen LogP contribution in [-0.4, -0.2) is 36.5 Å². The van der Waals surface area contributed by atoms with E-state index in [0.717, 1.165) is 18.2 Å². The molecule has 18 heavy (non-hydrogen) atoms. The molecule has 5 nitrogen and oxygen atoms in total. The van der Waals surface area contributed by atoms with Crippen molar-refractivity contribution < 1.29 is 8.42 Å². The van der Waals surface area contributed by atoms with Gasteiger partial charge in [-0.2, -0.15) is 0 Å². The fourth-order valence-corrected chi connectivity index (χ4v) is 2.30. The number of anilines is 1. The molecule has 1 aromatic heterocycles. The minimum Gasteiger partial charge on any atom is -0.355 e. The zero-order valence-electron chi connectivity index (χ0n) is 11.6. The van der Waals surface area contributed by atoms with Gasteiger partial charge in [0.05, 0.1) is 11.4 Å². The molecule has 1 aromatic rings. The van der Waals surface area contributed by atoms with Crippen LogP contribution in [0.25, 0.3) is 0 Å². The van der Waals surface area contributed by atoms with Crippen LogP contribution in [0.5, 0.6) is 0 Å². The number of imidazole rings is 1. The number of sulfone groups is 1. The molecular formula is C12H23N3O2S. The van der Waals surface area contributed by atoms with Crippen LogP contribution < -0.4 is 5.32 Å². The van der Waals surface area contributed by atoms with Gasteiger partial charge in [-0.3, -0.25) is 0 Å². The number of hydrogen-bond acceptors (Lipinski definition) is 4. The van der Waals surface area contributed by atoms with Crippen LogP contribution in [0.1, 0.15) is 26.0 Å². The molecule has 0 aliphatic rings. The molecule has 0 radical (unpaired) electrons. The monoisotopic (exact) mass is 273 g/mol. The van der Waals surface area contributed by atoms with E-state index >= 15 is 0 Å². The Hall–Kier alpha value is -1.04. The first-order valence-corrected chi connectivity index (χ1v) is 8.29. The summed E-state index contributed by atoms with van der Waals surface area (Å²) >= 11 is 0. The number of aryl methyl sites for hydroxylation is 2. The molecule has 1 rings (SSSR count). The third-order valence-electron chi connectivity index (χ3n) is 2.48. The van der Waals surface area contributed by atoms with Crippen molar-refractivity contribution in [3.8, 4) is 0 Å². The lowest BCUT2D eigenvalue weighted by atomic mass is 10.2. The zero-order valence-corrected chi connectivity index (χ0v) is 12.4. The van der Waals surface area contributed by atoms with Crippen LogP contribution in [0, 0.1) is 12.8 Å². The maximum absolute atomic E-state index is 11.1. The van der Waals surface area contributed by atoms with E-state index in [-0.39, 0.29) is 5.75 Å². The summed E-state index contributed by atoms with van der Waals surface area (Å²) in [5.41, 5.74) is 0.945. The topological polar surface area (TPSA) is 64.0 Å². The summed E-state index contributed by atoms with van der Waals surface area (Å²) in [6.45, 7) is 7.75. The van der Waals surface area contributed by atoms with Crippen LogP contribution in [0.2, 0.25) is 0 Å². The van der Waals surface area contributed by atoms with Crippen molar-refractivity contribution in [1.82, 2.24) is 9.55 Å². The molecule has 0 unspecified atom stereocenters. The summed E-state index contributed by atoms with van der Waals surface area (Å²) in [6, 6.07) is 0. The van der Waals surface area contributed by atoms with Crippen molar-refractivity contribution in [2.75, 3.05) is 23.9 Å². The number of rotatable bonds is 7. The van der Waals surface area contributed by atoms with E-state index in [1.807, 2.05) is 17.7 Å². The van der Waals surface area contributed by atoms with Crippen LogP contribution in [-0.2, 0) is 16.4 Å². The normalized spacial score (nSPS) is 12.1. The summed E-state index contributed by atoms with van der Waals surface area (Å²) in [5, 5.41) is 3.28. The average molecular weight is 273 g/mol. The van der Waals surface area contributed by atoms with Crippen LogP contribution in [0.15, 0.2) is 6.20 Å². The Morgan fingerprint density at radius 1 is 1.44 bits per heavy atom. The fraction of sp³-hybridized carbons (Fsp3) is 0.750. The van der Waals surface area contributed by atoms with E-state index in [0.29, 0.717) is 18.9 Å². The highest BCUT2D eigenvalue weighted by Gasteiger charge is 2.07. The first-order valence-electron chi connectivity index (χ1n) is 6.23. The standard InChI is InChI=1S/C12H23N3O2S/c1-10(2)8-13-12-14-11(3)9-15(12)6-5-7-18(4,16)17/h9-10H,5-8H2,1-4H3,(H,13,14). The lowest BCUT2D eigenvalue weighted by molar-refractivity contribution is 0.591. The highest BCUT2D eigenvalue weighted by Crippen LogP contribution is 2.10. The van der Waals surface area contributed by atoms with Gasteiger partial charge in [-0.25, -0.2) is 13.4 Å². The van der Waals surface area contributed by atoms with Gasteiger partial charge in [0.1, 0.15) is 9.84 Å². The maximum atomic E-state index is 11.1. The van der Waals surface area contributed by atoms with E-state index in [4.69, 9.17) is 0 Å². The second kappa shape index (κ2) is 6.22. The van der Waals surface area contributed by atoms with E-state index in [2.05, 4.69) is 24.1 Å². The van der Waals surface area contributed by atoms with Gasteiger partial charge < -0.3 is 9.88 Å². The number of nitrogens with zero attached hydrogens (tertiary/aromatic N) is 2. The highest BCUT2D eigenvalue weighted by atomic mass is 32.2. The molecule has 0 spiro atoms. The molecule has 0 saturated heterocycles. The molecule has 0 aliphatic heterocycles. The van der Waals surface area contributed by atoms with Crippen molar-refractivity contribution >= 4 is 15.8 Å². The van der Waals surface area contributed by atoms with Crippen molar-refractivity contribution in [3.63, 3.8) is 0 Å². The molecule has 0 aliphatic carbocycles. The number of aromatic nitrogens is 2. The number of nitrogens with one attached hydrogen (secondary N) is 1. The van der Waals surface area contributed by atoms with Crippen molar-refractivity contribution in [2.24, 2.45) is 5.92 Å². The van der Waals surface area contributed by atoms with E-state index < -0.39 is 9.84 Å². The highest BCUT2D eigenvalue weighted by molar-refractivity contribution is 7.90. The Bertz CT molecular complexity index is 478. The summed E-state index contributed by atoms with van der Waals surface area (Å²) in [6.07, 6.45) is 3.83. The van der Waals surface area contributed by atoms with E-state index in [1.165, 1.54) is 6.26 Å². The van der Waals surface area contributed by atoms with Gasteiger partial charge >= 0.3 is 0 Å². The van der Waals surface area contributed by atoms with Gasteiger partial charge in [-0.15, -0.1) is 0 Å². The molecule has 0 atom stereocenters. The molecule has 1 heterocycles. The SMILES string of the molecule is Cc1cn(CCCS(C)(=O)=O)c(NCC(C)C)n1. The molecule has 0 amide bonds. The summed E-state index contributed by atoms with van der Waals surface area (Å²) in [5.74, 6) is 1.59. The summed E-state index contributed by atoms with van der Waals surface area (Å²) < 4.78 is 24.2. The average Bonchev–Trinajstić information content (AvgIpc) is 2.54.